The van der Waals surface area contributed by atoms with E-state index in [1.54, 1.807) is 11.7 Å². The second kappa shape index (κ2) is 3.71. The molecular weight excluding hydrogens is 212 g/mol. The molecule has 0 fully saturated rings. The van der Waals surface area contributed by atoms with Crippen molar-refractivity contribution in [3.63, 3.8) is 0 Å². The molecule has 2 rings (SSSR count). The normalized spacial score (nSPS) is 11.9. The molecule has 0 aromatic carbocycles. The van der Waals surface area contributed by atoms with E-state index in [0.717, 1.165) is 4.88 Å². The minimum atomic E-state index is -0.310. The van der Waals surface area contributed by atoms with Crippen molar-refractivity contribution in [1.29, 1.82) is 0 Å². The third-order valence-electron chi connectivity index (χ3n) is 2.24. The average Bonchev–Trinajstić information content (AvgIpc) is 2.88. The molecule has 0 saturated heterocycles. The van der Waals surface area contributed by atoms with Gasteiger partial charge in [0.2, 0.25) is 11.7 Å². The maximum atomic E-state index is 5.20. The summed E-state index contributed by atoms with van der Waals surface area (Å²) in [6, 6.07) is 0. The van der Waals surface area contributed by atoms with Crippen LogP contribution in [-0.4, -0.2) is 22.2 Å². The molecule has 0 radical (unpaired) electrons. The zero-order chi connectivity index (χ0) is 10.9. The van der Waals surface area contributed by atoms with Gasteiger partial charge in [-0.25, -0.2) is 0 Å². The minimum Gasteiger partial charge on any atom is -0.337 e. The summed E-state index contributed by atoms with van der Waals surface area (Å²) in [6.07, 6.45) is 1.73. The first-order valence-electron chi connectivity index (χ1n) is 4.55. The molecule has 2 heterocycles. The van der Waals surface area contributed by atoms with Crippen LogP contribution in [0.2, 0.25) is 0 Å². The van der Waals surface area contributed by atoms with Crippen molar-refractivity contribution in [2.45, 2.75) is 19.4 Å². The molecule has 5 nitrogen and oxygen atoms in total. The largest absolute Gasteiger partial charge is 0.337 e. The van der Waals surface area contributed by atoms with Crippen molar-refractivity contribution >= 4 is 11.3 Å². The Morgan fingerprint density at radius 1 is 1.47 bits per heavy atom. The van der Waals surface area contributed by atoms with Crippen LogP contribution in [0.3, 0.4) is 0 Å². The van der Waals surface area contributed by atoms with Crippen molar-refractivity contribution in [3.8, 4) is 10.7 Å². The Bertz CT molecular complexity index is 435. The predicted octanol–water partition coefficient (Wildman–Crippen LogP) is 1.65. The van der Waals surface area contributed by atoms with E-state index in [4.69, 9.17) is 4.52 Å². The average molecular weight is 224 g/mol. The standard InChI is InChI=1S/C9H12N4OS/c1-9(2,10-3)8-12-7(13-14-8)6-4-11-5-15-6/h4-5,10H,1-3H3. The SMILES string of the molecule is CNC(C)(C)c1nc(-c2cncs2)no1. The van der Waals surface area contributed by atoms with Crippen LogP contribution < -0.4 is 5.32 Å². The molecule has 1 N–H and O–H groups in total. The number of rotatable bonds is 3. The van der Waals surface area contributed by atoms with Gasteiger partial charge in [0.25, 0.3) is 0 Å². The molecule has 0 aliphatic rings. The molecule has 6 heteroatoms. The Balaban J connectivity index is 2.33. The molecule has 0 aliphatic carbocycles. The topological polar surface area (TPSA) is 63.8 Å². The molecule has 0 bridgehead atoms. The Labute approximate surface area is 91.5 Å². The Kier molecular flexibility index (Phi) is 2.54. The third-order valence-corrected chi connectivity index (χ3v) is 3.01. The molecule has 0 saturated carbocycles. The van der Waals surface area contributed by atoms with E-state index < -0.39 is 0 Å². The van der Waals surface area contributed by atoms with Crippen LogP contribution in [-0.2, 0) is 5.54 Å². The lowest BCUT2D eigenvalue weighted by Gasteiger charge is -2.17. The van der Waals surface area contributed by atoms with E-state index in [1.807, 2.05) is 20.9 Å². The van der Waals surface area contributed by atoms with Crippen LogP contribution >= 0.6 is 11.3 Å². The molecular formula is C9H12N4OS. The van der Waals surface area contributed by atoms with Crippen molar-refractivity contribution in [2.24, 2.45) is 0 Å². The summed E-state index contributed by atoms with van der Waals surface area (Å²) in [6.45, 7) is 3.97. The highest BCUT2D eigenvalue weighted by atomic mass is 32.1. The van der Waals surface area contributed by atoms with Crippen LogP contribution in [0.1, 0.15) is 19.7 Å². The summed E-state index contributed by atoms with van der Waals surface area (Å²) in [7, 11) is 1.86. The number of aromatic nitrogens is 3. The summed E-state index contributed by atoms with van der Waals surface area (Å²) >= 11 is 1.49. The van der Waals surface area contributed by atoms with Gasteiger partial charge in [-0.15, -0.1) is 11.3 Å². The van der Waals surface area contributed by atoms with Gasteiger partial charge in [-0.2, -0.15) is 4.98 Å². The van der Waals surface area contributed by atoms with E-state index in [9.17, 15) is 0 Å². The van der Waals surface area contributed by atoms with Crippen LogP contribution in [0.5, 0.6) is 0 Å². The maximum absolute atomic E-state index is 5.20. The maximum Gasteiger partial charge on any atom is 0.246 e. The molecule has 0 spiro atoms. The first-order chi connectivity index (χ1) is 7.13. The van der Waals surface area contributed by atoms with Gasteiger partial charge >= 0.3 is 0 Å². The second-order valence-electron chi connectivity index (χ2n) is 3.66. The van der Waals surface area contributed by atoms with Crippen molar-refractivity contribution in [1.82, 2.24) is 20.4 Å². The predicted molar refractivity (Wildman–Crippen MR) is 57.5 cm³/mol. The van der Waals surface area contributed by atoms with E-state index in [0.29, 0.717) is 11.7 Å². The first kappa shape index (κ1) is 10.3. The molecule has 2 aromatic rings. The van der Waals surface area contributed by atoms with Crippen LogP contribution in [0.25, 0.3) is 10.7 Å². The van der Waals surface area contributed by atoms with E-state index in [1.165, 1.54) is 11.3 Å². The fourth-order valence-electron chi connectivity index (χ4n) is 1.01. The van der Waals surface area contributed by atoms with Gasteiger partial charge in [0, 0.05) is 6.20 Å². The quantitative estimate of drug-likeness (QED) is 0.858. The molecule has 0 atom stereocenters. The van der Waals surface area contributed by atoms with Gasteiger partial charge in [0.05, 0.1) is 15.9 Å². The van der Waals surface area contributed by atoms with E-state index in [-0.39, 0.29) is 5.54 Å². The monoisotopic (exact) mass is 224 g/mol. The van der Waals surface area contributed by atoms with E-state index >= 15 is 0 Å². The summed E-state index contributed by atoms with van der Waals surface area (Å²) in [4.78, 5) is 9.21. The zero-order valence-corrected chi connectivity index (χ0v) is 9.63. The Morgan fingerprint density at radius 3 is 2.87 bits per heavy atom. The minimum absolute atomic E-state index is 0.310. The Morgan fingerprint density at radius 2 is 2.27 bits per heavy atom. The van der Waals surface area contributed by atoms with Gasteiger partial charge in [-0.3, -0.25) is 4.98 Å². The second-order valence-corrected chi connectivity index (χ2v) is 4.55. The molecule has 15 heavy (non-hydrogen) atoms. The highest BCUT2D eigenvalue weighted by Gasteiger charge is 2.25. The molecule has 80 valence electrons. The van der Waals surface area contributed by atoms with Crippen LogP contribution in [0, 0.1) is 0 Å². The van der Waals surface area contributed by atoms with Gasteiger partial charge in [-0.1, -0.05) is 5.16 Å². The third kappa shape index (κ3) is 1.91. The molecule has 0 amide bonds. The van der Waals surface area contributed by atoms with Gasteiger partial charge in [0.15, 0.2) is 0 Å². The number of thiazole rings is 1. The number of hydrogen-bond donors (Lipinski definition) is 1. The summed E-state index contributed by atoms with van der Waals surface area (Å²) < 4.78 is 5.20. The van der Waals surface area contributed by atoms with Crippen LogP contribution in [0.15, 0.2) is 16.2 Å². The highest BCUT2D eigenvalue weighted by Crippen LogP contribution is 2.23. The van der Waals surface area contributed by atoms with Gasteiger partial charge in [0.1, 0.15) is 0 Å². The van der Waals surface area contributed by atoms with Gasteiger partial charge in [-0.05, 0) is 20.9 Å². The summed E-state index contributed by atoms with van der Waals surface area (Å²) in [5, 5.41) is 7.02. The summed E-state index contributed by atoms with van der Waals surface area (Å²) in [5.74, 6) is 1.17. The number of hydrogen-bond acceptors (Lipinski definition) is 6. The lowest BCUT2D eigenvalue weighted by Crippen LogP contribution is -2.33. The lowest BCUT2D eigenvalue weighted by molar-refractivity contribution is 0.281. The number of nitrogens with one attached hydrogen (secondary N) is 1. The smallest absolute Gasteiger partial charge is 0.246 e. The lowest BCUT2D eigenvalue weighted by atomic mass is 10.1. The first-order valence-corrected chi connectivity index (χ1v) is 5.43. The number of nitrogens with zero attached hydrogens (tertiary/aromatic N) is 3. The Hall–Kier alpha value is -1.27. The molecule has 2 aromatic heterocycles. The highest BCUT2D eigenvalue weighted by molar-refractivity contribution is 7.13. The fourth-order valence-corrected chi connectivity index (χ4v) is 1.56. The van der Waals surface area contributed by atoms with Gasteiger partial charge < -0.3 is 9.84 Å². The van der Waals surface area contributed by atoms with Crippen LogP contribution in [0.4, 0.5) is 0 Å². The van der Waals surface area contributed by atoms with Crippen molar-refractivity contribution in [3.05, 3.63) is 17.6 Å². The van der Waals surface area contributed by atoms with Crippen molar-refractivity contribution in [2.75, 3.05) is 7.05 Å². The fraction of sp³-hybridized carbons (Fsp3) is 0.444. The summed E-state index contributed by atoms with van der Waals surface area (Å²) in [5.41, 5.74) is 1.44. The molecule has 0 unspecified atom stereocenters. The van der Waals surface area contributed by atoms with Crippen molar-refractivity contribution < 1.29 is 4.52 Å². The zero-order valence-electron chi connectivity index (χ0n) is 8.81. The van der Waals surface area contributed by atoms with E-state index in [2.05, 4.69) is 20.4 Å². The molecule has 0 aliphatic heterocycles.